The van der Waals surface area contributed by atoms with E-state index in [-0.39, 0.29) is 6.03 Å². The Kier molecular flexibility index (Phi) is 7.20. The van der Waals surface area contributed by atoms with Crippen LogP contribution in [0, 0.1) is 6.92 Å². The lowest BCUT2D eigenvalue weighted by molar-refractivity contribution is 0.0816. The fourth-order valence-electron chi connectivity index (χ4n) is 2.27. The van der Waals surface area contributed by atoms with Gasteiger partial charge in [0.25, 0.3) is 6.43 Å². The zero-order valence-electron chi connectivity index (χ0n) is 14.7. The molecule has 0 aliphatic carbocycles. The molecule has 0 unspecified atom stereocenters. The molecule has 0 heterocycles. The maximum atomic E-state index is 12.3. The lowest BCUT2D eigenvalue weighted by Crippen LogP contribution is -2.30. The van der Waals surface area contributed by atoms with Gasteiger partial charge in [-0.25, -0.2) is 13.6 Å². The van der Waals surface area contributed by atoms with Crippen LogP contribution < -0.4 is 20.1 Å². The standard InChI is InChI=1S/C19H22F2N2O3/c1-13-3-6-15(11-17(13)26-12-18(20)21)23-19(24)22-10-9-14-4-7-16(25-2)8-5-14/h3-8,11,18H,9-10,12H2,1-2H3,(H2,22,23,24). The second-order valence-corrected chi connectivity index (χ2v) is 5.66. The summed E-state index contributed by atoms with van der Waals surface area (Å²) in [5.74, 6) is 1.10. The van der Waals surface area contributed by atoms with Crippen LogP contribution in [0.15, 0.2) is 42.5 Å². The number of alkyl halides is 2. The van der Waals surface area contributed by atoms with Crippen molar-refractivity contribution < 1.29 is 23.0 Å². The summed E-state index contributed by atoms with van der Waals surface area (Å²) in [4.78, 5) is 12.0. The number of methoxy groups -OCH3 is 1. The quantitative estimate of drug-likeness (QED) is 0.744. The van der Waals surface area contributed by atoms with Crippen LogP contribution in [0.3, 0.4) is 0 Å². The van der Waals surface area contributed by atoms with Gasteiger partial charge in [0.15, 0.2) is 0 Å². The summed E-state index contributed by atoms with van der Waals surface area (Å²) in [6.45, 7) is 1.52. The van der Waals surface area contributed by atoms with Crippen LogP contribution in [0.5, 0.6) is 11.5 Å². The van der Waals surface area contributed by atoms with Gasteiger partial charge in [-0.15, -0.1) is 0 Å². The highest BCUT2D eigenvalue weighted by Gasteiger charge is 2.08. The van der Waals surface area contributed by atoms with E-state index in [2.05, 4.69) is 10.6 Å². The number of hydrogen-bond donors (Lipinski definition) is 2. The Morgan fingerprint density at radius 3 is 2.54 bits per heavy atom. The predicted octanol–water partition coefficient (Wildman–Crippen LogP) is 4.01. The first-order chi connectivity index (χ1) is 12.5. The predicted molar refractivity (Wildman–Crippen MR) is 96.4 cm³/mol. The molecule has 7 heteroatoms. The van der Waals surface area contributed by atoms with Gasteiger partial charge in [0.05, 0.1) is 7.11 Å². The van der Waals surface area contributed by atoms with Crippen LogP contribution in [-0.2, 0) is 6.42 Å². The molecule has 5 nitrogen and oxygen atoms in total. The molecule has 2 rings (SSSR count). The van der Waals surface area contributed by atoms with Crippen molar-refractivity contribution in [1.29, 1.82) is 0 Å². The molecular formula is C19H22F2N2O3. The first-order valence-electron chi connectivity index (χ1n) is 8.17. The first kappa shape index (κ1) is 19.5. The van der Waals surface area contributed by atoms with Crippen molar-refractivity contribution in [2.75, 3.05) is 25.6 Å². The number of benzene rings is 2. The number of anilines is 1. The third kappa shape index (κ3) is 6.23. The van der Waals surface area contributed by atoms with E-state index in [4.69, 9.17) is 9.47 Å². The number of urea groups is 1. The Labute approximate surface area is 151 Å². The number of hydrogen-bond acceptors (Lipinski definition) is 3. The minimum atomic E-state index is -2.55. The smallest absolute Gasteiger partial charge is 0.319 e. The third-order valence-corrected chi connectivity index (χ3v) is 3.67. The summed E-state index contributed by atoms with van der Waals surface area (Å²) >= 11 is 0. The lowest BCUT2D eigenvalue weighted by Gasteiger charge is -2.12. The largest absolute Gasteiger partial charge is 0.497 e. The minimum absolute atomic E-state index is 0.321. The van der Waals surface area contributed by atoms with Gasteiger partial charge in [-0.3, -0.25) is 0 Å². The van der Waals surface area contributed by atoms with Crippen molar-refractivity contribution in [2.24, 2.45) is 0 Å². The third-order valence-electron chi connectivity index (χ3n) is 3.67. The van der Waals surface area contributed by atoms with Crippen molar-refractivity contribution in [3.05, 3.63) is 53.6 Å². The highest BCUT2D eigenvalue weighted by Crippen LogP contribution is 2.23. The number of carbonyl (C=O) groups is 1. The van der Waals surface area contributed by atoms with E-state index in [9.17, 15) is 13.6 Å². The molecule has 140 valence electrons. The summed E-state index contributed by atoms with van der Waals surface area (Å²) in [5, 5.41) is 5.41. The van der Waals surface area contributed by atoms with E-state index in [1.54, 1.807) is 26.2 Å². The number of ether oxygens (including phenoxy) is 2. The summed E-state index contributed by atoms with van der Waals surface area (Å²) in [5.41, 5.74) is 2.27. The summed E-state index contributed by atoms with van der Waals surface area (Å²) in [6.07, 6.45) is -1.87. The van der Waals surface area contributed by atoms with E-state index < -0.39 is 13.0 Å². The number of carbonyl (C=O) groups excluding carboxylic acids is 1. The highest BCUT2D eigenvalue weighted by molar-refractivity contribution is 5.89. The molecule has 0 saturated carbocycles. The highest BCUT2D eigenvalue weighted by atomic mass is 19.3. The maximum Gasteiger partial charge on any atom is 0.319 e. The molecule has 0 aromatic heterocycles. The fourth-order valence-corrected chi connectivity index (χ4v) is 2.27. The average Bonchev–Trinajstić information content (AvgIpc) is 2.62. The van der Waals surface area contributed by atoms with Crippen LogP contribution in [0.2, 0.25) is 0 Å². The monoisotopic (exact) mass is 364 g/mol. The van der Waals surface area contributed by atoms with Gasteiger partial charge in [-0.2, -0.15) is 0 Å². The molecule has 0 fully saturated rings. The molecule has 0 bridgehead atoms. The molecule has 0 atom stereocenters. The Morgan fingerprint density at radius 1 is 1.15 bits per heavy atom. The van der Waals surface area contributed by atoms with Crippen molar-refractivity contribution in [1.82, 2.24) is 5.32 Å². The van der Waals surface area contributed by atoms with Gasteiger partial charge in [0.1, 0.15) is 18.1 Å². The summed E-state index contributed by atoms with van der Waals surface area (Å²) < 4.78 is 34.7. The molecule has 0 radical (unpaired) electrons. The van der Waals surface area contributed by atoms with E-state index >= 15 is 0 Å². The molecule has 0 aliphatic heterocycles. The molecule has 0 aliphatic rings. The van der Waals surface area contributed by atoms with Crippen LogP contribution >= 0.6 is 0 Å². The summed E-state index contributed by atoms with van der Waals surface area (Å²) in [6, 6.07) is 12.1. The molecule has 0 spiro atoms. The second kappa shape index (κ2) is 9.60. The SMILES string of the molecule is COc1ccc(CCNC(=O)Nc2ccc(C)c(OCC(F)F)c2)cc1. The Bertz CT molecular complexity index is 721. The molecule has 2 N–H and O–H groups in total. The van der Waals surface area contributed by atoms with Crippen molar-refractivity contribution >= 4 is 11.7 Å². The fraction of sp³-hybridized carbons (Fsp3) is 0.316. The van der Waals surface area contributed by atoms with Crippen molar-refractivity contribution in [3.63, 3.8) is 0 Å². The van der Waals surface area contributed by atoms with Gasteiger partial charge in [0.2, 0.25) is 0 Å². The molecule has 2 aromatic carbocycles. The maximum absolute atomic E-state index is 12.3. The molecule has 26 heavy (non-hydrogen) atoms. The number of amides is 2. The number of halogens is 2. The second-order valence-electron chi connectivity index (χ2n) is 5.66. The zero-order chi connectivity index (χ0) is 18.9. The summed E-state index contributed by atoms with van der Waals surface area (Å²) in [7, 11) is 1.61. The molecule has 0 saturated heterocycles. The molecule has 2 amide bonds. The Hall–Kier alpha value is -2.83. The van der Waals surface area contributed by atoms with E-state index in [0.717, 1.165) is 16.9 Å². The minimum Gasteiger partial charge on any atom is -0.497 e. The van der Waals surface area contributed by atoms with Crippen LogP contribution in [0.25, 0.3) is 0 Å². The van der Waals surface area contributed by atoms with Crippen molar-refractivity contribution in [3.8, 4) is 11.5 Å². The topological polar surface area (TPSA) is 59.6 Å². The van der Waals surface area contributed by atoms with E-state index in [1.165, 1.54) is 6.07 Å². The van der Waals surface area contributed by atoms with Crippen LogP contribution in [0.1, 0.15) is 11.1 Å². The number of rotatable bonds is 8. The van der Waals surface area contributed by atoms with E-state index in [0.29, 0.717) is 24.4 Å². The van der Waals surface area contributed by atoms with Gasteiger partial charge >= 0.3 is 6.03 Å². The van der Waals surface area contributed by atoms with Gasteiger partial charge in [-0.05, 0) is 42.7 Å². The average molecular weight is 364 g/mol. The number of nitrogens with one attached hydrogen (secondary N) is 2. The van der Waals surface area contributed by atoms with Gasteiger partial charge < -0.3 is 20.1 Å². The first-order valence-corrected chi connectivity index (χ1v) is 8.17. The Balaban J connectivity index is 1.82. The molecule has 2 aromatic rings. The normalized spacial score (nSPS) is 10.5. The zero-order valence-corrected chi connectivity index (χ0v) is 14.7. The molecular weight excluding hydrogens is 342 g/mol. The number of aryl methyl sites for hydroxylation is 1. The lowest BCUT2D eigenvalue weighted by atomic mass is 10.1. The van der Waals surface area contributed by atoms with Gasteiger partial charge in [0, 0.05) is 18.3 Å². The van der Waals surface area contributed by atoms with E-state index in [1.807, 2.05) is 24.3 Å². The van der Waals surface area contributed by atoms with Crippen LogP contribution in [-0.4, -0.2) is 32.7 Å². The van der Waals surface area contributed by atoms with Crippen molar-refractivity contribution in [2.45, 2.75) is 19.8 Å². The Morgan fingerprint density at radius 2 is 1.88 bits per heavy atom. The van der Waals surface area contributed by atoms with Crippen LogP contribution in [0.4, 0.5) is 19.3 Å². The van der Waals surface area contributed by atoms with Gasteiger partial charge in [-0.1, -0.05) is 18.2 Å².